The molecule has 0 aliphatic rings. The molecule has 78 valence electrons. The van der Waals surface area contributed by atoms with Crippen molar-refractivity contribution in [2.75, 3.05) is 0 Å². The number of H-pyrrole nitrogens is 1. The molecule has 0 bridgehead atoms. The zero-order valence-electron chi connectivity index (χ0n) is 8.16. The van der Waals surface area contributed by atoms with E-state index < -0.39 is 6.10 Å². The normalized spacial score (nSPS) is 12.4. The third kappa shape index (κ3) is 4.04. The number of nitrogens with zero attached hydrogens (tertiary/aromatic N) is 1. The van der Waals surface area contributed by atoms with E-state index in [2.05, 4.69) is 15.5 Å². The van der Waals surface area contributed by atoms with Crippen molar-refractivity contribution in [2.24, 2.45) is 0 Å². The largest absolute Gasteiger partial charge is 0.393 e. The van der Waals surface area contributed by atoms with Gasteiger partial charge in [-0.2, -0.15) is 5.10 Å². The molecular weight excluding hydrogens is 182 g/mol. The van der Waals surface area contributed by atoms with E-state index in [4.69, 9.17) is 5.11 Å². The fraction of sp³-hybridized carbons (Fsp3) is 0.556. The molecule has 0 spiro atoms. The Balaban J connectivity index is 2.15. The van der Waals surface area contributed by atoms with Crippen molar-refractivity contribution in [2.45, 2.75) is 32.4 Å². The summed E-state index contributed by atoms with van der Waals surface area (Å²) in [6.07, 6.45) is 3.83. The van der Waals surface area contributed by atoms with Crippen LogP contribution in [-0.2, 0) is 11.3 Å². The zero-order valence-corrected chi connectivity index (χ0v) is 8.16. The van der Waals surface area contributed by atoms with E-state index >= 15 is 0 Å². The summed E-state index contributed by atoms with van der Waals surface area (Å²) in [4.78, 5) is 11.2. The Morgan fingerprint density at radius 2 is 2.57 bits per heavy atom. The Bertz CT molecular complexity index is 270. The molecule has 0 aliphatic carbocycles. The number of aliphatic hydroxyl groups is 1. The van der Waals surface area contributed by atoms with Crippen LogP contribution in [0.3, 0.4) is 0 Å². The smallest absolute Gasteiger partial charge is 0.220 e. The number of aromatic amines is 1. The van der Waals surface area contributed by atoms with E-state index in [1.54, 1.807) is 19.3 Å². The first-order valence-corrected chi connectivity index (χ1v) is 4.61. The molecule has 1 aromatic heterocycles. The Labute approximate surface area is 82.5 Å². The average molecular weight is 197 g/mol. The van der Waals surface area contributed by atoms with E-state index in [0.29, 0.717) is 19.4 Å². The second-order valence-corrected chi connectivity index (χ2v) is 3.27. The molecule has 1 amide bonds. The summed E-state index contributed by atoms with van der Waals surface area (Å²) in [5, 5.41) is 18.1. The highest BCUT2D eigenvalue weighted by atomic mass is 16.3. The van der Waals surface area contributed by atoms with E-state index in [0.717, 1.165) is 5.56 Å². The number of nitrogens with one attached hydrogen (secondary N) is 2. The number of rotatable bonds is 5. The first kappa shape index (κ1) is 10.7. The van der Waals surface area contributed by atoms with Crippen molar-refractivity contribution in [1.82, 2.24) is 15.5 Å². The van der Waals surface area contributed by atoms with E-state index in [9.17, 15) is 4.79 Å². The predicted molar refractivity (Wildman–Crippen MR) is 51.3 cm³/mol. The zero-order chi connectivity index (χ0) is 10.4. The quantitative estimate of drug-likeness (QED) is 0.630. The van der Waals surface area contributed by atoms with Crippen molar-refractivity contribution in [3.05, 3.63) is 18.0 Å². The molecule has 0 saturated heterocycles. The third-order valence-electron chi connectivity index (χ3n) is 1.83. The first-order valence-electron chi connectivity index (χ1n) is 4.61. The van der Waals surface area contributed by atoms with E-state index in [1.165, 1.54) is 0 Å². The Morgan fingerprint density at radius 1 is 1.79 bits per heavy atom. The first-order chi connectivity index (χ1) is 6.68. The van der Waals surface area contributed by atoms with Crippen LogP contribution >= 0.6 is 0 Å². The van der Waals surface area contributed by atoms with Crippen LogP contribution in [0.25, 0.3) is 0 Å². The molecule has 1 rings (SSSR count). The fourth-order valence-corrected chi connectivity index (χ4v) is 1.00. The van der Waals surface area contributed by atoms with Gasteiger partial charge >= 0.3 is 0 Å². The minimum atomic E-state index is -0.422. The Kier molecular flexibility index (Phi) is 4.12. The molecule has 1 heterocycles. The number of carbonyl (C=O) groups is 1. The van der Waals surface area contributed by atoms with Gasteiger partial charge in [-0.05, 0) is 13.3 Å². The lowest BCUT2D eigenvalue weighted by Crippen LogP contribution is -2.23. The van der Waals surface area contributed by atoms with Gasteiger partial charge in [-0.1, -0.05) is 0 Å². The number of aliphatic hydroxyl groups excluding tert-OH is 1. The summed E-state index contributed by atoms with van der Waals surface area (Å²) in [6, 6.07) is 0. The van der Waals surface area contributed by atoms with Crippen LogP contribution in [0, 0.1) is 0 Å². The van der Waals surface area contributed by atoms with Crippen LogP contribution in [0.4, 0.5) is 0 Å². The molecule has 0 aromatic carbocycles. The molecular formula is C9H15N3O2. The van der Waals surface area contributed by atoms with Gasteiger partial charge in [0, 0.05) is 24.7 Å². The van der Waals surface area contributed by atoms with Crippen LogP contribution in [0.1, 0.15) is 25.3 Å². The second kappa shape index (κ2) is 5.39. The number of hydrogen-bond donors (Lipinski definition) is 3. The standard InChI is InChI=1S/C9H15N3O2/c1-7(13)2-3-9(14)10-4-8-5-11-12-6-8/h5-7,13H,2-4H2,1H3,(H,10,14)(H,11,12). The highest BCUT2D eigenvalue weighted by Crippen LogP contribution is 1.97. The maximum absolute atomic E-state index is 11.2. The van der Waals surface area contributed by atoms with Gasteiger partial charge in [-0.15, -0.1) is 0 Å². The van der Waals surface area contributed by atoms with Crippen LogP contribution in [0.15, 0.2) is 12.4 Å². The van der Waals surface area contributed by atoms with Gasteiger partial charge < -0.3 is 10.4 Å². The molecule has 0 saturated carbocycles. The van der Waals surface area contributed by atoms with Crippen molar-refractivity contribution >= 4 is 5.91 Å². The van der Waals surface area contributed by atoms with E-state index in [1.807, 2.05) is 0 Å². The molecule has 1 aromatic rings. The summed E-state index contributed by atoms with van der Waals surface area (Å²) >= 11 is 0. The van der Waals surface area contributed by atoms with Crippen molar-refractivity contribution in [3.8, 4) is 0 Å². The van der Waals surface area contributed by atoms with Gasteiger partial charge in [0.05, 0.1) is 12.3 Å². The van der Waals surface area contributed by atoms with Crippen LogP contribution in [-0.4, -0.2) is 27.3 Å². The lowest BCUT2D eigenvalue weighted by molar-refractivity contribution is -0.121. The van der Waals surface area contributed by atoms with Crippen LogP contribution in [0.2, 0.25) is 0 Å². The van der Waals surface area contributed by atoms with Gasteiger partial charge in [-0.3, -0.25) is 9.89 Å². The van der Waals surface area contributed by atoms with Crippen molar-refractivity contribution < 1.29 is 9.90 Å². The predicted octanol–water partition coefficient (Wildman–Crippen LogP) is 0.187. The second-order valence-electron chi connectivity index (χ2n) is 3.27. The molecule has 1 atom stereocenters. The van der Waals surface area contributed by atoms with Crippen molar-refractivity contribution in [3.63, 3.8) is 0 Å². The van der Waals surface area contributed by atoms with Crippen LogP contribution < -0.4 is 5.32 Å². The number of hydrogen-bond acceptors (Lipinski definition) is 3. The van der Waals surface area contributed by atoms with Crippen molar-refractivity contribution in [1.29, 1.82) is 0 Å². The third-order valence-corrected chi connectivity index (χ3v) is 1.83. The number of carbonyl (C=O) groups excluding carboxylic acids is 1. The lowest BCUT2D eigenvalue weighted by atomic mass is 10.2. The van der Waals surface area contributed by atoms with Gasteiger partial charge in [0.15, 0.2) is 0 Å². The topological polar surface area (TPSA) is 78.0 Å². The molecule has 5 heteroatoms. The maximum Gasteiger partial charge on any atom is 0.220 e. The molecule has 0 radical (unpaired) electrons. The summed E-state index contributed by atoms with van der Waals surface area (Å²) in [5.74, 6) is -0.0490. The molecule has 5 nitrogen and oxygen atoms in total. The minimum absolute atomic E-state index is 0.0490. The van der Waals surface area contributed by atoms with E-state index in [-0.39, 0.29) is 5.91 Å². The Hall–Kier alpha value is -1.36. The Morgan fingerprint density at radius 3 is 3.14 bits per heavy atom. The minimum Gasteiger partial charge on any atom is -0.393 e. The monoisotopic (exact) mass is 197 g/mol. The average Bonchev–Trinajstić information content (AvgIpc) is 2.63. The molecule has 0 aliphatic heterocycles. The highest BCUT2D eigenvalue weighted by Gasteiger charge is 2.03. The number of aromatic nitrogens is 2. The summed E-state index contributed by atoms with van der Waals surface area (Å²) in [7, 11) is 0. The maximum atomic E-state index is 11.2. The van der Waals surface area contributed by atoms with Gasteiger partial charge in [0.25, 0.3) is 0 Å². The highest BCUT2D eigenvalue weighted by molar-refractivity contribution is 5.75. The SMILES string of the molecule is CC(O)CCC(=O)NCc1cn[nH]c1. The van der Waals surface area contributed by atoms with Gasteiger partial charge in [0.1, 0.15) is 0 Å². The lowest BCUT2D eigenvalue weighted by Gasteiger charge is -2.04. The molecule has 0 fully saturated rings. The summed E-state index contributed by atoms with van der Waals surface area (Å²) in [5.41, 5.74) is 0.940. The fourth-order valence-electron chi connectivity index (χ4n) is 1.00. The molecule has 3 N–H and O–H groups in total. The molecule has 1 unspecified atom stereocenters. The van der Waals surface area contributed by atoms with Gasteiger partial charge in [0.2, 0.25) is 5.91 Å². The summed E-state index contributed by atoms with van der Waals surface area (Å²) in [6.45, 7) is 2.15. The van der Waals surface area contributed by atoms with Gasteiger partial charge in [-0.25, -0.2) is 0 Å². The van der Waals surface area contributed by atoms with Crippen LogP contribution in [0.5, 0.6) is 0 Å². The number of amides is 1. The molecule has 14 heavy (non-hydrogen) atoms. The summed E-state index contributed by atoms with van der Waals surface area (Å²) < 4.78 is 0.